The maximum absolute atomic E-state index is 13.2. The first kappa shape index (κ1) is 16.3. The van der Waals surface area contributed by atoms with Gasteiger partial charge in [-0.25, -0.2) is 0 Å². The maximum Gasteiger partial charge on any atom is 0.234 e. The van der Waals surface area contributed by atoms with E-state index in [-0.39, 0.29) is 11.8 Å². The van der Waals surface area contributed by atoms with Gasteiger partial charge >= 0.3 is 0 Å². The third-order valence-electron chi connectivity index (χ3n) is 3.81. The van der Waals surface area contributed by atoms with Crippen molar-refractivity contribution in [1.82, 2.24) is 4.90 Å². The molecule has 2 rings (SSSR count). The second-order valence-electron chi connectivity index (χ2n) is 5.58. The lowest BCUT2D eigenvalue weighted by atomic mass is 9.90. The highest BCUT2D eigenvalue weighted by Gasteiger charge is 2.26. The average molecular weight is 295 g/mol. The van der Waals surface area contributed by atoms with Crippen LogP contribution in [-0.2, 0) is 4.79 Å². The van der Waals surface area contributed by atoms with Crippen LogP contribution in [0.5, 0.6) is 0 Å². The molecule has 2 aromatic rings. The molecule has 2 aromatic carbocycles. The van der Waals surface area contributed by atoms with Gasteiger partial charge in [0.15, 0.2) is 0 Å². The molecule has 2 nitrogen and oxygen atoms in total. The van der Waals surface area contributed by atoms with Crippen molar-refractivity contribution in [3.05, 3.63) is 71.8 Å². The summed E-state index contributed by atoms with van der Waals surface area (Å²) >= 11 is 0. The van der Waals surface area contributed by atoms with E-state index in [1.807, 2.05) is 65.6 Å². The van der Waals surface area contributed by atoms with Gasteiger partial charge in [-0.2, -0.15) is 0 Å². The van der Waals surface area contributed by atoms with Crippen LogP contribution in [0.4, 0.5) is 0 Å². The molecule has 0 unspecified atom stereocenters. The van der Waals surface area contributed by atoms with Crippen LogP contribution in [0.25, 0.3) is 0 Å². The monoisotopic (exact) mass is 295 g/mol. The van der Waals surface area contributed by atoms with E-state index >= 15 is 0 Å². The van der Waals surface area contributed by atoms with Gasteiger partial charge < -0.3 is 4.90 Å². The summed E-state index contributed by atoms with van der Waals surface area (Å²) < 4.78 is 0. The zero-order valence-electron chi connectivity index (χ0n) is 13.5. The topological polar surface area (TPSA) is 20.3 Å². The van der Waals surface area contributed by atoms with E-state index in [1.54, 1.807) is 0 Å². The fourth-order valence-electron chi connectivity index (χ4n) is 2.82. The molecule has 0 spiro atoms. The fraction of sp³-hybridized carbons (Fsp3) is 0.350. The summed E-state index contributed by atoms with van der Waals surface area (Å²) in [7, 11) is 0. The third-order valence-corrected chi connectivity index (χ3v) is 3.81. The van der Waals surface area contributed by atoms with Crippen LogP contribution in [0.15, 0.2) is 60.7 Å². The molecule has 0 N–H and O–H groups in total. The number of nitrogens with zero attached hydrogens (tertiary/aromatic N) is 1. The van der Waals surface area contributed by atoms with Crippen LogP contribution in [0.1, 0.15) is 43.7 Å². The highest BCUT2D eigenvalue weighted by Crippen LogP contribution is 2.27. The van der Waals surface area contributed by atoms with E-state index in [1.165, 1.54) is 0 Å². The quantitative estimate of drug-likeness (QED) is 0.738. The molecule has 0 aromatic heterocycles. The molecule has 0 saturated carbocycles. The molecule has 0 heterocycles. The van der Waals surface area contributed by atoms with Crippen LogP contribution in [0, 0.1) is 0 Å². The average Bonchev–Trinajstić information content (AvgIpc) is 2.57. The van der Waals surface area contributed by atoms with Gasteiger partial charge in [0.2, 0.25) is 5.91 Å². The second-order valence-corrected chi connectivity index (χ2v) is 5.58. The summed E-state index contributed by atoms with van der Waals surface area (Å²) in [4.78, 5) is 15.2. The summed E-state index contributed by atoms with van der Waals surface area (Å²) in [5.74, 6) is 0.00148. The van der Waals surface area contributed by atoms with E-state index in [9.17, 15) is 4.79 Å². The molecular weight excluding hydrogens is 270 g/mol. The Morgan fingerprint density at radius 2 is 1.23 bits per heavy atom. The second kappa shape index (κ2) is 8.38. The van der Waals surface area contributed by atoms with Crippen molar-refractivity contribution in [2.24, 2.45) is 0 Å². The van der Waals surface area contributed by atoms with Crippen LogP contribution in [0.3, 0.4) is 0 Å². The lowest BCUT2D eigenvalue weighted by Crippen LogP contribution is -2.36. The Hall–Kier alpha value is -2.09. The van der Waals surface area contributed by atoms with Gasteiger partial charge in [-0.1, -0.05) is 74.5 Å². The first-order chi connectivity index (χ1) is 10.8. The van der Waals surface area contributed by atoms with Crippen molar-refractivity contribution >= 4 is 5.91 Å². The number of carbonyl (C=O) groups excluding carboxylic acids is 1. The summed E-state index contributed by atoms with van der Waals surface area (Å²) in [5.41, 5.74) is 2.13. The van der Waals surface area contributed by atoms with Gasteiger partial charge in [0.25, 0.3) is 0 Å². The SMILES string of the molecule is CCCN(CCC)C(=O)C(c1ccccc1)c1ccccc1. The summed E-state index contributed by atoms with van der Waals surface area (Å²) in [6.07, 6.45) is 1.98. The van der Waals surface area contributed by atoms with Crippen LogP contribution >= 0.6 is 0 Å². The standard InChI is InChI=1S/C20H25NO/c1-3-15-21(16-4-2)20(22)19(17-11-7-5-8-12-17)18-13-9-6-10-14-18/h5-14,19H,3-4,15-16H2,1-2H3. The van der Waals surface area contributed by atoms with Crippen molar-refractivity contribution in [1.29, 1.82) is 0 Å². The van der Waals surface area contributed by atoms with Crippen molar-refractivity contribution in [3.8, 4) is 0 Å². The predicted molar refractivity (Wildman–Crippen MR) is 91.9 cm³/mol. The number of rotatable bonds is 7. The smallest absolute Gasteiger partial charge is 0.234 e. The molecule has 0 fully saturated rings. The predicted octanol–water partition coefficient (Wildman–Crippen LogP) is 4.47. The van der Waals surface area contributed by atoms with Gasteiger partial charge in [-0.05, 0) is 24.0 Å². The molecule has 0 aliphatic heterocycles. The Kier molecular flexibility index (Phi) is 6.20. The molecule has 0 atom stereocenters. The zero-order valence-corrected chi connectivity index (χ0v) is 13.5. The fourth-order valence-corrected chi connectivity index (χ4v) is 2.82. The first-order valence-corrected chi connectivity index (χ1v) is 8.16. The van der Waals surface area contributed by atoms with Crippen LogP contribution < -0.4 is 0 Å². The molecule has 2 heteroatoms. The van der Waals surface area contributed by atoms with Crippen LogP contribution in [0.2, 0.25) is 0 Å². The summed E-state index contributed by atoms with van der Waals surface area (Å²) in [5, 5.41) is 0. The van der Waals surface area contributed by atoms with E-state index in [0.717, 1.165) is 37.1 Å². The van der Waals surface area contributed by atoms with Gasteiger partial charge in [0.1, 0.15) is 0 Å². The molecular formula is C20H25NO. The van der Waals surface area contributed by atoms with Gasteiger partial charge in [0, 0.05) is 13.1 Å². The van der Waals surface area contributed by atoms with E-state index in [2.05, 4.69) is 13.8 Å². The Bertz CT molecular complexity index is 519. The molecule has 0 aliphatic rings. The third kappa shape index (κ3) is 3.97. The molecule has 1 amide bonds. The van der Waals surface area contributed by atoms with Crippen LogP contribution in [-0.4, -0.2) is 23.9 Å². The molecule has 0 saturated heterocycles. The lowest BCUT2D eigenvalue weighted by Gasteiger charge is -2.27. The molecule has 0 bridgehead atoms. The van der Waals surface area contributed by atoms with Crippen molar-refractivity contribution < 1.29 is 4.79 Å². The highest BCUT2D eigenvalue weighted by atomic mass is 16.2. The van der Waals surface area contributed by atoms with Crippen molar-refractivity contribution in [3.63, 3.8) is 0 Å². The zero-order chi connectivity index (χ0) is 15.8. The highest BCUT2D eigenvalue weighted by molar-refractivity contribution is 5.87. The Morgan fingerprint density at radius 1 is 0.818 bits per heavy atom. The Labute approximate surface area is 133 Å². The number of benzene rings is 2. The molecule has 22 heavy (non-hydrogen) atoms. The summed E-state index contributed by atoms with van der Waals surface area (Å²) in [6.45, 7) is 5.89. The number of hydrogen-bond donors (Lipinski definition) is 0. The summed E-state index contributed by atoms with van der Waals surface area (Å²) in [6, 6.07) is 20.2. The number of amides is 1. The minimum absolute atomic E-state index is 0.208. The van der Waals surface area contributed by atoms with Gasteiger partial charge in [0.05, 0.1) is 5.92 Å². The Balaban J connectivity index is 2.38. The van der Waals surface area contributed by atoms with E-state index in [0.29, 0.717) is 0 Å². The van der Waals surface area contributed by atoms with Gasteiger partial charge in [-0.15, -0.1) is 0 Å². The normalized spacial score (nSPS) is 10.7. The lowest BCUT2D eigenvalue weighted by molar-refractivity contribution is -0.132. The molecule has 0 aliphatic carbocycles. The van der Waals surface area contributed by atoms with E-state index < -0.39 is 0 Å². The minimum Gasteiger partial charge on any atom is -0.342 e. The van der Waals surface area contributed by atoms with Crippen molar-refractivity contribution in [2.45, 2.75) is 32.6 Å². The largest absolute Gasteiger partial charge is 0.342 e. The van der Waals surface area contributed by atoms with Gasteiger partial charge in [-0.3, -0.25) is 4.79 Å². The van der Waals surface area contributed by atoms with E-state index in [4.69, 9.17) is 0 Å². The Morgan fingerprint density at radius 3 is 1.59 bits per heavy atom. The minimum atomic E-state index is -0.208. The maximum atomic E-state index is 13.2. The first-order valence-electron chi connectivity index (χ1n) is 8.16. The van der Waals surface area contributed by atoms with Crippen molar-refractivity contribution in [2.75, 3.05) is 13.1 Å². The molecule has 116 valence electrons. The number of carbonyl (C=O) groups is 1. The molecule has 0 radical (unpaired) electrons. The number of hydrogen-bond acceptors (Lipinski definition) is 1.